The highest BCUT2D eigenvalue weighted by molar-refractivity contribution is 7.92. The molecule has 0 saturated carbocycles. The van der Waals surface area contributed by atoms with Crippen molar-refractivity contribution in [2.45, 2.75) is 18.7 Å². The number of hydrogen-bond acceptors (Lipinski definition) is 5. The minimum Gasteiger partial charge on any atom is -0.322 e. The molecule has 9 heteroatoms. The van der Waals surface area contributed by atoms with E-state index in [9.17, 15) is 17.6 Å². The van der Waals surface area contributed by atoms with E-state index >= 15 is 0 Å². The van der Waals surface area contributed by atoms with Crippen molar-refractivity contribution >= 4 is 27.4 Å². The van der Waals surface area contributed by atoms with Crippen molar-refractivity contribution in [1.29, 1.82) is 0 Å². The zero-order valence-corrected chi connectivity index (χ0v) is 15.9. The molecule has 2 N–H and O–H groups in total. The number of carbonyl (C=O) groups excluding carboxylic acids is 1. The molecule has 0 spiro atoms. The van der Waals surface area contributed by atoms with E-state index in [1.54, 1.807) is 13.8 Å². The summed E-state index contributed by atoms with van der Waals surface area (Å²) in [4.78, 5) is 20.3. The van der Waals surface area contributed by atoms with Crippen LogP contribution in [0.15, 0.2) is 59.5 Å². The molecule has 0 aliphatic heterocycles. The maximum atomic E-state index is 13.2. The number of aromatic nitrogens is 2. The van der Waals surface area contributed by atoms with Gasteiger partial charge in [-0.2, -0.15) is 0 Å². The number of aryl methyl sites for hydroxylation is 2. The average molecular weight is 400 g/mol. The Hall–Kier alpha value is -3.33. The van der Waals surface area contributed by atoms with Crippen LogP contribution in [0, 0.1) is 19.7 Å². The van der Waals surface area contributed by atoms with E-state index in [0.717, 1.165) is 6.07 Å². The zero-order valence-electron chi connectivity index (χ0n) is 15.1. The predicted molar refractivity (Wildman–Crippen MR) is 103 cm³/mol. The summed E-state index contributed by atoms with van der Waals surface area (Å²) in [6, 6.07) is 12.4. The maximum absolute atomic E-state index is 13.2. The number of nitrogens with one attached hydrogen (secondary N) is 2. The van der Waals surface area contributed by atoms with Gasteiger partial charge in [-0.15, -0.1) is 0 Å². The highest BCUT2D eigenvalue weighted by Crippen LogP contribution is 2.18. The number of amides is 1. The molecule has 0 unspecified atom stereocenters. The summed E-state index contributed by atoms with van der Waals surface area (Å²) < 4.78 is 40.6. The van der Waals surface area contributed by atoms with Gasteiger partial charge in [-0.1, -0.05) is 6.07 Å². The normalized spacial score (nSPS) is 11.1. The summed E-state index contributed by atoms with van der Waals surface area (Å²) in [5, 5.41) is 2.59. The minimum absolute atomic E-state index is 0.00479. The van der Waals surface area contributed by atoms with Gasteiger partial charge in [-0.3, -0.25) is 9.52 Å². The van der Waals surface area contributed by atoms with Crippen molar-refractivity contribution in [3.63, 3.8) is 0 Å². The van der Waals surface area contributed by atoms with Crippen molar-refractivity contribution in [3.05, 3.63) is 77.5 Å². The van der Waals surface area contributed by atoms with Crippen molar-refractivity contribution in [2.75, 3.05) is 10.0 Å². The number of benzene rings is 2. The zero-order chi connectivity index (χ0) is 20.3. The highest BCUT2D eigenvalue weighted by atomic mass is 32.2. The highest BCUT2D eigenvalue weighted by Gasteiger charge is 2.16. The van der Waals surface area contributed by atoms with Crippen LogP contribution in [0.25, 0.3) is 0 Å². The van der Waals surface area contributed by atoms with Crippen LogP contribution in [-0.2, 0) is 10.0 Å². The van der Waals surface area contributed by atoms with E-state index in [-0.39, 0.29) is 16.3 Å². The van der Waals surface area contributed by atoms with E-state index < -0.39 is 21.7 Å². The summed E-state index contributed by atoms with van der Waals surface area (Å²) in [5.41, 5.74) is 1.18. The fourth-order valence-electron chi connectivity index (χ4n) is 2.52. The first-order chi connectivity index (χ1) is 13.2. The lowest BCUT2D eigenvalue weighted by Gasteiger charge is -2.10. The molecule has 28 heavy (non-hydrogen) atoms. The molecule has 0 saturated heterocycles. The fourth-order valence-corrected chi connectivity index (χ4v) is 3.51. The molecule has 3 rings (SSSR count). The Kier molecular flexibility index (Phi) is 5.36. The third-order valence-electron chi connectivity index (χ3n) is 3.71. The number of anilines is 2. The van der Waals surface area contributed by atoms with Crippen LogP contribution in [-0.4, -0.2) is 24.3 Å². The number of nitrogens with zero attached hydrogens (tertiary/aromatic N) is 2. The van der Waals surface area contributed by atoms with E-state index in [4.69, 9.17) is 0 Å². The molecular weight excluding hydrogens is 383 g/mol. The Morgan fingerprint density at radius 1 is 1.00 bits per heavy atom. The Morgan fingerprint density at radius 2 is 1.71 bits per heavy atom. The monoisotopic (exact) mass is 400 g/mol. The summed E-state index contributed by atoms with van der Waals surface area (Å²) in [7, 11) is -3.85. The molecule has 3 aromatic rings. The van der Waals surface area contributed by atoms with Gasteiger partial charge in [0.2, 0.25) is 0 Å². The maximum Gasteiger partial charge on any atom is 0.263 e. The first-order valence-corrected chi connectivity index (χ1v) is 9.73. The van der Waals surface area contributed by atoms with Gasteiger partial charge < -0.3 is 5.32 Å². The second-order valence-corrected chi connectivity index (χ2v) is 7.72. The molecule has 1 aromatic heterocycles. The number of rotatable bonds is 5. The first kappa shape index (κ1) is 19.4. The summed E-state index contributed by atoms with van der Waals surface area (Å²) in [6.07, 6.45) is 0. The minimum atomic E-state index is -3.85. The lowest BCUT2D eigenvalue weighted by Crippen LogP contribution is -2.15. The SMILES string of the molecule is Cc1cc(NS(=O)(=O)c2ccc(NC(=O)c3cccc(F)c3)cc2)nc(C)n1. The van der Waals surface area contributed by atoms with Crippen LogP contribution in [0.5, 0.6) is 0 Å². The lowest BCUT2D eigenvalue weighted by atomic mass is 10.2. The average Bonchev–Trinajstić information content (AvgIpc) is 2.61. The van der Waals surface area contributed by atoms with E-state index in [0.29, 0.717) is 17.2 Å². The number of halogens is 1. The molecule has 0 bridgehead atoms. The lowest BCUT2D eigenvalue weighted by molar-refractivity contribution is 0.102. The Labute approximate surface area is 161 Å². The predicted octanol–water partition coefficient (Wildman–Crippen LogP) is 3.29. The van der Waals surface area contributed by atoms with Gasteiger partial charge in [-0.25, -0.2) is 22.8 Å². The van der Waals surface area contributed by atoms with Crippen LogP contribution in [0.1, 0.15) is 21.9 Å². The van der Waals surface area contributed by atoms with Crippen molar-refractivity contribution < 1.29 is 17.6 Å². The van der Waals surface area contributed by atoms with Crippen molar-refractivity contribution in [2.24, 2.45) is 0 Å². The molecule has 0 aliphatic carbocycles. The number of carbonyl (C=O) groups is 1. The second-order valence-electron chi connectivity index (χ2n) is 6.04. The molecular formula is C19H17FN4O3S. The molecule has 2 aromatic carbocycles. The summed E-state index contributed by atoms with van der Waals surface area (Å²) >= 11 is 0. The Balaban J connectivity index is 1.75. The van der Waals surface area contributed by atoms with Gasteiger partial charge in [0, 0.05) is 23.0 Å². The third kappa shape index (κ3) is 4.68. The number of sulfonamides is 1. The molecule has 0 radical (unpaired) electrons. The molecule has 144 valence electrons. The topological polar surface area (TPSA) is 101 Å². The Bertz CT molecular complexity index is 1110. The number of hydrogen-bond donors (Lipinski definition) is 2. The largest absolute Gasteiger partial charge is 0.322 e. The van der Waals surface area contributed by atoms with Crippen molar-refractivity contribution in [1.82, 2.24) is 9.97 Å². The van der Waals surface area contributed by atoms with Crippen LogP contribution in [0.4, 0.5) is 15.9 Å². The van der Waals surface area contributed by atoms with Crippen LogP contribution in [0.3, 0.4) is 0 Å². The second kappa shape index (κ2) is 7.73. The van der Waals surface area contributed by atoms with Crippen molar-refractivity contribution in [3.8, 4) is 0 Å². The standard InChI is InChI=1S/C19H17FN4O3S/c1-12-10-18(22-13(2)21-12)24-28(26,27)17-8-6-16(7-9-17)23-19(25)14-4-3-5-15(20)11-14/h3-11H,1-2H3,(H,23,25)(H,21,22,24). The smallest absolute Gasteiger partial charge is 0.263 e. The van der Waals surface area contributed by atoms with Crippen LogP contribution in [0.2, 0.25) is 0 Å². The molecule has 0 atom stereocenters. The summed E-state index contributed by atoms with van der Waals surface area (Å²) in [5.74, 6) is -0.392. The van der Waals surface area contributed by atoms with E-state index in [1.165, 1.54) is 48.5 Å². The summed E-state index contributed by atoms with van der Waals surface area (Å²) in [6.45, 7) is 3.41. The molecule has 0 fully saturated rings. The van der Waals surface area contributed by atoms with Gasteiger partial charge in [0.15, 0.2) is 0 Å². The molecule has 0 aliphatic rings. The van der Waals surface area contributed by atoms with Crippen LogP contribution < -0.4 is 10.0 Å². The first-order valence-electron chi connectivity index (χ1n) is 8.25. The molecule has 1 heterocycles. The van der Waals surface area contributed by atoms with Gasteiger partial charge in [0.1, 0.15) is 17.5 Å². The third-order valence-corrected chi connectivity index (χ3v) is 5.08. The van der Waals surface area contributed by atoms with Crippen LogP contribution >= 0.6 is 0 Å². The van der Waals surface area contributed by atoms with Gasteiger partial charge in [-0.05, 0) is 56.3 Å². The van der Waals surface area contributed by atoms with Gasteiger partial charge in [0.25, 0.3) is 15.9 Å². The van der Waals surface area contributed by atoms with E-state index in [1.807, 2.05) is 0 Å². The van der Waals surface area contributed by atoms with Gasteiger partial charge >= 0.3 is 0 Å². The quantitative estimate of drug-likeness (QED) is 0.684. The van der Waals surface area contributed by atoms with E-state index in [2.05, 4.69) is 20.0 Å². The fraction of sp³-hybridized carbons (Fsp3) is 0.105. The van der Waals surface area contributed by atoms with Gasteiger partial charge in [0.05, 0.1) is 4.90 Å². The molecule has 1 amide bonds. The molecule has 7 nitrogen and oxygen atoms in total. The Morgan fingerprint density at radius 3 is 2.36 bits per heavy atom.